The molecule has 0 aliphatic carbocycles. The molecule has 17 heavy (non-hydrogen) atoms. The van der Waals surface area contributed by atoms with Gasteiger partial charge in [-0.2, -0.15) is 0 Å². The van der Waals surface area contributed by atoms with Crippen molar-refractivity contribution in [2.45, 2.75) is 26.0 Å². The van der Waals surface area contributed by atoms with Gasteiger partial charge in [0.15, 0.2) is 0 Å². The number of hydrogen-bond donors (Lipinski definition) is 1. The van der Waals surface area contributed by atoms with Crippen molar-refractivity contribution in [3.8, 4) is 0 Å². The molecule has 0 radical (unpaired) electrons. The van der Waals surface area contributed by atoms with Crippen molar-refractivity contribution in [3.63, 3.8) is 0 Å². The lowest BCUT2D eigenvalue weighted by molar-refractivity contribution is -0.0277. The minimum Gasteiger partial charge on any atom is -0.372 e. The molecule has 0 saturated carbocycles. The maximum atomic E-state index is 5.82. The number of morpholine rings is 1. The number of benzene rings is 1. The van der Waals surface area contributed by atoms with Crippen molar-refractivity contribution in [2.75, 3.05) is 24.6 Å². The van der Waals surface area contributed by atoms with E-state index in [0.29, 0.717) is 6.54 Å². The van der Waals surface area contributed by atoms with E-state index in [2.05, 4.69) is 52.9 Å². The molecule has 0 bridgehead atoms. The fourth-order valence-electron chi connectivity index (χ4n) is 2.25. The highest BCUT2D eigenvalue weighted by Crippen LogP contribution is 2.28. The Morgan fingerprint density at radius 3 is 2.88 bits per heavy atom. The number of halogens is 1. The third-order valence-corrected chi connectivity index (χ3v) is 3.52. The number of anilines is 1. The standard InChI is InChI=1S/C13H19BrN2O/c1-13(2)9-16(5-6-17-13)12-4-3-11(14)7-10(12)8-15/h3-4,7H,5-6,8-9,15H2,1-2H3. The van der Waals surface area contributed by atoms with Crippen molar-refractivity contribution in [3.05, 3.63) is 28.2 Å². The highest BCUT2D eigenvalue weighted by molar-refractivity contribution is 9.10. The molecule has 0 spiro atoms. The van der Waals surface area contributed by atoms with Gasteiger partial charge >= 0.3 is 0 Å². The topological polar surface area (TPSA) is 38.5 Å². The van der Waals surface area contributed by atoms with Crippen LogP contribution in [0.5, 0.6) is 0 Å². The smallest absolute Gasteiger partial charge is 0.0801 e. The lowest BCUT2D eigenvalue weighted by Crippen LogP contribution is -2.48. The number of hydrogen-bond acceptors (Lipinski definition) is 3. The SMILES string of the molecule is CC1(C)CN(c2ccc(Br)cc2CN)CCO1. The van der Waals surface area contributed by atoms with Crippen LogP contribution < -0.4 is 10.6 Å². The largest absolute Gasteiger partial charge is 0.372 e. The minimum atomic E-state index is -0.0861. The van der Waals surface area contributed by atoms with Crippen LogP contribution in [0, 0.1) is 0 Å². The second-order valence-corrected chi connectivity index (χ2v) is 5.92. The molecule has 1 saturated heterocycles. The summed E-state index contributed by atoms with van der Waals surface area (Å²) < 4.78 is 6.81. The highest BCUT2D eigenvalue weighted by atomic mass is 79.9. The van der Waals surface area contributed by atoms with Gasteiger partial charge in [-0.25, -0.2) is 0 Å². The molecule has 0 atom stereocenters. The van der Waals surface area contributed by atoms with E-state index in [1.54, 1.807) is 0 Å². The molecule has 3 nitrogen and oxygen atoms in total. The van der Waals surface area contributed by atoms with Gasteiger partial charge < -0.3 is 15.4 Å². The fraction of sp³-hybridized carbons (Fsp3) is 0.538. The van der Waals surface area contributed by atoms with Crippen LogP contribution in [0.25, 0.3) is 0 Å². The van der Waals surface area contributed by atoms with Gasteiger partial charge in [-0.05, 0) is 37.6 Å². The number of rotatable bonds is 2. The summed E-state index contributed by atoms with van der Waals surface area (Å²) in [5, 5.41) is 0. The first kappa shape index (κ1) is 12.9. The molecule has 0 aromatic heterocycles. The Morgan fingerprint density at radius 2 is 2.24 bits per heavy atom. The number of ether oxygens (including phenoxy) is 1. The molecule has 1 aromatic rings. The molecule has 1 heterocycles. The average Bonchev–Trinajstić information content (AvgIpc) is 2.27. The summed E-state index contributed by atoms with van der Waals surface area (Å²) in [4.78, 5) is 2.36. The van der Waals surface area contributed by atoms with E-state index in [9.17, 15) is 0 Å². The minimum absolute atomic E-state index is 0.0861. The van der Waals surface area contributed by atoms with E-state index >= 15 is 0 Å². The average molecular weight is 299 g/mol. The van der Waals surface area contributed by atoms with Crippen molar-refractivity contribution in [2.24, 2.45) is 5.73 Å². The fourth-order valence-corrected chi connectivity index (χ4v) is 2.66. The third kappa shape index (κ3) is 3.00. The first-order chi connectivity index (χ1) is 8.02. The van der Waals surface area contributed by atoms with Gasteiger partial charge in [0.2, 0.25) is 0 Å². The van der Waals surface area contributed by atoms with Gasteiger partial charge in [0.05, 0.1) is 12.2 Å². The van der Waals surface area contributed by atoms with Gasteiger partial charge in [0.1, 0.15) is 0 Å². The molecule has 1 aliphatic rings. The van der Waals surface area contributed by atoms with Crippen molar-refractivity contribution in [1.29, 1.82) is 0 Å². The van der Waals surface area contributed by atoms with E-state index in [0.717, 1.165) is 24.2 Å². The van der Waals surface area contributed by atoms with Crippen LogP contribution in [0.2, 0.25) is 0 Å². The van der Waals surface area contributed by atoms with Gasteiger partial charge in [0.25, 0.3) is 0 Å². The summed E-state index contributed by atoms with van der Waals surface area (Å²) in [5.41, 5.74) is 8.14. The van der Waals surface area contributed by atoms with E-state index < -0.39 is 0 Å². The molecule has 1 aliphatic heterocycles. The Morgan fingerprint density at radius 1 is 1.47 bits per heavy atom. The first-order valence-electron chi connectivity index (χ1n) is 5.89. The Kier molecular flexibility index (Phi) is 3.76. The van der Waals surface area contributed by atoms with Gasteiger partial charge in [-0.15, -0.1) is 0 Å². The summed E-state index contributed by atoms with van der Waals surface area (Å²) in [6, 6.07) is 6.29. The zero-order valence-corrected chi connectivity index (χ0v) is 12.0. The lowest BCUT2D eigenvalue weighted by atomic mass is 10.1. The molecule has 2 N–H and O–H groups in total. The van der Waals surface area contributed by atoms with E-state index in [-0.39, 0.29) is 5.60 Å². The van der Waals surface area contributed by atoms with E-state index in [1.165, 1.54) is 11.3 Å². The monoisotopic (exact) mass is 298 g/mol. The molecular formula is C13H19BrN2O. The zero-order valence-electron chi connectivity index (χ0n) is 10.4. The molecule has 2 rings (SSSR count). The summed E-state index contributed by atoms with van der Waals surface area (Å²) in [5.74, 6) is 0. The highest BCUT2D eigenvalue weighted by Gasteiger charge is 2.28. The predicted molar refractivity (Wildman–Crippen MR) is 74.3 cm³/mol. The summed E-state index contributed by atoms with van der Waals surface area (Å²) >= 11 is 3.48. The van der Waals surface area contributed by atoms with Crippen LogP contribution in [-0.2, 0) is 11.3 Å². The summed E-state index contributed by atoms with van der Waals surface area (Å²) in [6.07, 6.45) is 0. The van der Waals surface area contributed by atoms with Gasteiger partial charge in [-0.1, -0.05) is 15.9 Å². The Balaban J connectivity index is 2.27. The zero-order chi connectivity index (χ0) is 12.5. The van der Waals surface area contributed by atoms with E-state index in [1.807, 2.05) is 0 Å². The maximum Gasteiger partial charge on any atom is 0.0801 e. The first-order valence-corrected chi connectivity index (χ1v) is 6.68. The van der Waals surface area contributed by atoms with Crippen LogP contribution in [0.4, 0.5) is 5.69 Å². The van der Waals surface area contributed by atoms with Crippen LogP contribution in [0.15, 0.2) is 22.7 Å². The molecule has 1 aromatic carbocycles. The quantitative estimate of drug-likeness (QED) is 0.912. The molecular weight excluding hydrogens is 280 g/mol. The lowest BCUT2D eigenvalue weighted by Gasteiger charge is -2.40. The van der Waals surface area contributed by atoms with Crippen LogP contribution in [0.1, 0.15) is 19.4 Å². The van der Waals surface area contributed by atoms with Gasteiger partial charge in [-0.3, -0.25) is 0 Å². The van der Waals surface area contributed by atoms with Crippen molar-refractivity contribution < 1.29 is 4.74 Å². The predicted octanol–water partition coefficient (Wildman–Crippen LogP) is 2.52. The van der Waals surface area contributed by atoms with E-state index in [4.69, 9.17) is 10.5 Å². The Labute approximate surface area is 111 Å². The number of nitrogens with two attached hydrogens (primary N) is 1. The molecule has 1 fully saturated rings. The third-order valence-electron chi connectivity index (χ3n) is 3.03. The van der Waals surface area contributed by atoms with Gasteiger partial charge in [0, 0.05) is 29.8 Å². The second kappa shape index (κ2) is 4.96. The Hall–Kier alpha value is -0.580. The summed E-state index contributed by atoms with van der Waals surface area (Å²) in [6.45, 7) is 7.42. The van der Waals surface area contributed by atoms with Crippen LogP contribution in [0.3, 0.4) is 0 Å². The second-order valence-electron chi connectivity index (χ2n) is 5.01. The molecule has 0 amide bonds. The maximum absolute atomic E-state index is 5.82. The van der Waals surface area contributed by atoms with Crippen molar-refractivity contribution >= 4 is 21.6 Å². The number of nitrogens with zero attached hydrogens (tertiary/aromatic N) is 1. The summed E-state index contributed by atoms with van der Waals surface area (Å²) in [7, 11) is 0. The molecule has 4 heteroatoms. The Bertz CT molecular complexity index is 406. The van der Waals surface area contributed by atoms with Crippen LogP contribution in [-0.4, -0.2) is 25.3 Å². The van der Waals surface area contributed by atoms with Crippen molar-refractivity contribution in [1.82, 2.24) is 0 Å². The molecule has 94 valence electrons. The van der Waals surface area contributed by atoms with Crippen LogP contribution >= 0.6 is 15.9 Å². The normalized spacial score (nSPS) is 19.4. The molecule has 0 unspecified atom stereocenters.